The molecule has 3 fully saturated rings. The summed E-state index contributed by atoms with van der Waals surface area (Å²) >= 11 is 0. The maximum atomic E-state index is 13.0. The van der Waals surface area contributed by atoms with Crippen LogP contribution in [0.2, 0.25) is 0 Å². The Morgan fingerprint density at radius 3 is 1.74 bits per heavy atom. The summed E-state index contributed by atoms with van der Waals surface area (Å²) in [5, 5.41) is 0. The average Bonchev–Trinajstić information content (AvgIpc) is 2.72. The van der Waals surface area contributed by atoms with Gasteiger partial charge < -0.3 is 19.4 Å². The van der Waals surface area contributed by atoms with E-state index in [0.29, 0.717) is 65.2 Å². The van der Waals surface area contributed by atoms with E-state index < -0.39 is 15.8 Å². The molecule has 3 saturated heterocycles. The van der Waals surface area contributed by atoms with Crippen molar-refractivity contribution in [1.29, 1.82) is 0 Å². The van der Waals surface area contributed by atoms with Crippen LogP contribution in [0.4, 0.5) is 4.79 Å². The summed E-state index contributed by atoms with van der Waals surface area (Å²) in [5.74, 6) is -0.0556. The van der Waals surface area contributed by atoms with Gasteiger partial charge in [0.25, 0.3) is 10.2 Å². The number of carbonyl (C=O) groups excluding carboxylic acids is 2. The zero-order chi connectivity index (χ0) is 22.8. The molecule has 0 aliphatic carbocycles. The number of ether oxygens (including phenoxy) is 1. The fourth-order valence-corrected chi connectivity index (χ4v) is 5.79. The Morgan fingerprint density at radius 1 is 0.774 bits per heavy atom. The minimum atomic E-state index is -3.47. The molecule has 0 spiro atoms. The highest BCUT2D eigenvalue weighted by atomic mass is 32.2. The summed E-state index contributed by atoms with van der Waals surface area (Å²) < 4.78 is 34.3. The highest BCUT2D eigenvalue weighted by Gasteiger charge is 2.37. The van der Waals surface area contributed by atoms with Crippen LogP contribution >= 0.6 is 0 Å². The van der Waals surface area contributed by atoms with Crippen molar-refractivity contribution < 1.29 is 22.7 Å². The van der Waals surface area contributed by atoms with E-state index in [1.54, 1.807) is 14.1 Å². The first-order valence-corrected chi connectivity index (χ1v) is 12.6. The van der Waals surface area contributed by atoms with E-state index in [1.807, 2.05) is 27.8 Å². The van der Waals surface area contributed by atoms with Crippen LogP contribution in [-0.4, -0.2) is 122 Å². The molecule has 178 valence electrons. The molecule has 10 nitrogen and oxygen atoms in total. The van der Waals surface area contributed by atoms with Crippen LogP contribution in [-0.2, 0) is 19.7 Å². The second-order valence-corrected chi connectivity index (χ2v) is 11.6. The quantitative estimate of drug-likeness (QED) is 0.601. The average molecular weight is 460 g/mol. The molecule has 0 unspecified atom stereocenters. The van der Waals surface area contributed by atoms with Gasteiger partial charge in [-0.1, -0.05) is 0 Å². The van der Waals surface area contributed by atoms with Crippen LogP contribution < -0.4 is 0 Å². The molecular formula is C20H37N5O5S. The molecule has 3 rings (SSSR count). The molecule has 0 aromatic heterocycles. The fraction of sp³-hybridized carbons (Fsp3) is 0.900. The first-order valence-electron chi connectivity index (χ1n) is 11.2. The first-order chi connectivity index (χ1) is 14.5. The maximum Gasteiger partial charge on any atom is 0.410 e. The smallest absolute Gasteiger partial charge is 0.410 e. The zero-order valence-electron chi connectivity index (χ0n) is 19.2. The standard InChI is InChI=1S/C20H37N5O5S/c1-20(2,3)30-19(27)23-7-5-17(6-8-23)18(26)22-11-15-25(16-12-22)31(28,29)24-13-9-21(4)10-14-24/h17H,5-16H2,1-4H3. The van der Waals surface area contributed by atoms with Gasteiger partial charge in [-0.25, -0.2) is 4.79 Å². The van der Waals surface area contributed by atoms with Crippen molar-refractivity contribution in [3.05, 3.63) is 0 Å². The minimum absolute atomic E-state index is 0.0699. The van der Waals surface area contributed by atoms with Crippen LogP contribution in [0.1, 0.15) is 33.6 Å². The van der Waals surface area contributed by atoms with Gasteiger partial charge in [0.1, 0.15) is 5.60 Å². The van der Waals surface area contributed by atoms with Crippen molar-refractivity contribution in [3.8, 4) is 0 Å². The summed E-state index contributed by atoms with van der Waals surface area (Å²) in [6, 6.07) is 0. The molecule has 0 N–H and O–H groups in total. The highest BCUT2D eigenvalue weighted by molar-refractivity contribution is 7.86. The third kappa shape index (κ3) is 6.09. The number of rotatable bonds is 3. The Balaban J connectivity index is 1.46. The second kappa shape index (κ2) is 9.60. The molecule has 0 atom stereocenters. The molecule has 11 heteroatoms. The summed E-state index contributed by atoms with van der Waals surface area (Å²) in [4.78, 5) is 30.7. The van der Waals surface area contributed by atoms with Gasteiger partial charge in [0.2, 0.25) is 5.91 Å². The maximum absolute atomic E-state index is 13.0. The molecular weight excluding hydrogens is 422 g/mol. The molecule has 2 amide bonds. The Kier molecular flexibility index (Phi) is 7.50. The van der Waals surface area contributed by atoms with Gasteiger partial charge in [-0.05, 0) is 40.7 Å². The van der Waals surface area contributed by atoms with Gasteiger partial charge in [0.05, 0.1) is 0 Å². The van der Waals surface area contributed by atoms with E-state index >= 15 is 0 Å². The van der Waals surface area contributed by atoms with Crippen molar-refractivity contribution in [1.82, 2.24) is 23.3 Å². The van der Waals surface area contributed by atoms with Crippen molar-refractivity contribution >= 4 is 22.2 Å². The number of hydrogen-bond donors (Lipinski definition) is 0. The molecule has 0 bridgehead atoms. The van der Waals surface area contributed by atoms with E-state index in [0.717, 1.165) is 13.1 Å². The molecule has 3 aliphatic heterocycles. The Hall–Kier alpha value is -1.43. The number of hydrogen-bond acceptors (Lipinski definition) is 6. The number of piperazine rings is 2. The van der Waals surface area contributed by atoms with Crippen molar-refractivity contribution in [2.75, 3.05) is 72.5 Å². The SMILES string of the molecule is CN1CCN(S(=O)(=O)N2CCN(C(=O)C3CCN(C(=O)OC(C)(C)C)CC3)CC2)CC1. The van der Waals surface area contributed by atoms with Crippen molar-refractivity contribution in [2.45, 2.75) is 39.2 Å². The second-order valence-electron chi connectivity index (χ2n) is 9.68. The molecule has 3 aliphatic rings. The Bertz CT molecular complexity index is 744. The summed E-state index contributed by atoms with van der Waals surface area (Å²) in [6.07, 6.45) is 0.886. The molecule has 0 aromatic rings. The largest absolute Gasteiger partial charge is 0.444 e. The van der Waals surface area contributed by atoms with E-state index in [2.05, 4.69) is 4.90 Å². The van der Waals surface area contributed by atoms with Crippen LogP contribution in [0.25, 0.3) is 0 Å². The molecule has 3 heterocycles. The van der Waals surface area contributed by atoms with Gasteiger partial charge in [-0.3, -0.25) is 4.79 Å². The van der Waals surface area contributed by atoms with Gasteiger partial charge in [-0.2, -0.15) is 17.0 Å². The lowest BCUT2D eigenvalue weighted by Crippen LogP contribution is -2.58. The lowest BCUT2D eigenvalue weighted by Gasteiger charge is -2.40. The number of likely N-dealkylation sites (N-methyl/N-ethyl adjacent to an activating group) is 1. The Morgan fingerprint density at radius 2 is 1.26 bits per heavy atom. The van der Waals surface area contributed by atoms with Crippen molar-refractivity contribution in [2.24, 2.45) is 5.92 Å². The fourth-order valence-electron chi connectivity index (χ4n) is 4.22. The predicted octanol–water partition coefficient (Wildman–Crippen LogP) is 0.270. The zero-order valence-corrected chi connectivity index (χ0v) is 20.1. The van der Waals surface area contributed by atoms with Crippen LogP contribution in [0, 0.1) is 5.92 Å². The Labute approximate surface area is 186 Å². The molecule has 0 aromatic carbocycles. The third-order valence-electron chi connectivity index (χ3n) is 6.16. The summed E-state index contributed by atoms with van der Waals surface area (Å²) in [5.41, 5.74) is -0.534. The van der Waals surface area contributed by atoms with Gasteiger partial charge in [0, 0.05) is 71.4 Å². The lowest BCUT2D eigenvalue weighted by molar-refractivity contribution is -0.138. The summed E-state index contributed by atoms with van der Waals surface area (Å²) in [6.45, 7) is 10.5. The van der Waals surface area contributed by atoms with E-state index in [9.17, 15) is 18.0 Å². The topological polar surface area (TPSA) is 93.7 Å². The van der Waals surface area contributed by atoms with Crippen LogP contribution in [0.15, 0.2) is 0 Å². The normalized spacial score (nSPS) is 23.7. The predicted molar refractivity (Wildman–Crippen MR) is 117 cm³/mol. The third-order valence-corrected chi connectivity index (χ3v) is 8.20. The number of nitrogens with zero attached hydrogens (tertiary/aromatic N) is 5. The number of likely N-dealkylation sites (tertiary alicyclic amines) is 1. The van der Waals surface area contributed by atoms with Crippen LogP contribution in [0.5, 0.6) is 0 Å². The molecule has 0 radical (unpaired) electrons. The van der Waals surface area contributed by atoms with E-state index in [1.165, 1.54) is 4.31 Å². The van der Waals surface area contributed by atoms with E-state index in [-0.39, 0.29) is 17.9 Å². The monoisotopic (exact) mass is 459 g/mol. The number of amides is 2. The number of carbonyl (C=O) groups is 2. The minimum Gasteiger partial charge on any atom is -0.444 e. The number of piperidine rings is 1. The lowest BCUT2D eigenvalue weighted by atomic mass is 9.95. The van der Waals surface area contributed by atoms with Gasteiger partial charge >= 0.3 is 6.09 Å². The van der Waals surface area contributed by atoms with Crippen LogP contribution in [0.3, 0.4) is 0 Å². The van der Waals surface area contributed by atoms with Gasteiger partial charge in [-0.15, -0.1) is 0 Å². The van der Waals surface area contributed by atoms with Crippen molar-refractivity contribution in [3.63, 3.8) is 0 Å². The highest BCUT2D eigenvalue weighted by Crippen LogP contribution is 2.23. The molecule has 31 heavy (non-hydrogen) atoms. The first kappa shape index (κ1) is 24.2. The summed E-state index contributed by atoms with van der Waals surface area (Å²) in [7, 11) is -1.48. The van der Waals surface area contributed by atoms with E-state index in [4.69, 9.17) is 4.74 Å². The van der Waals surface area contributed by atoms with Gasteiger partial charge in [0.15, 0.2) is 0 Å². The molecule has 0 saturated carbocycles.